The first-order valence-electron chi connectivity index (χ1n) is 36.2. The Morgan fingerprint density at radius 1 is 0.322 bits per heavy atom. The molecule has 0 atom stereocenters. The second-order valence-corrected chi connectivity index (χ2v) is 28.6. The highest BCUT2D eigenvalue weighted by Gasteiger charge is 2.18. The van der Waals surface area contributed by atoms with Crippen molar-refractivity contribution >= 4 is 183 Å². The Morgan fingerprint density at radius 3 is 1.06 bits per heavy atom. The van der Waals surface area contributed by atoms with Crippen LogP contribution in [0.5, 0.6) is 0 Å². The van der Waals surface area contributed by atoms with Crippen LogP contribution in [-0.2, 0) is 0 Å². The zero-order valence-corrected chi connectivity index (χ0v) is 67.7. The smallest absolute Gasteiger partial charge is 0.263 e. The lowest BCUT2D eigenvalue weighted by atomic mass is 10.2. The molecule has 0 aliphatic heterocycles. The van der Waals surface area contributed by atoms with E-state index in [2.05, 4.69) is 124 Å². The molecule has 0 amide bonds. The van der Waals surface area contributed by atoms with E-state index < -0.39 is 0 Å². The van der Waals surface area contributed by atoms with Crippen molar-refractivity contribution in [3.63, 3.8) is 0 Å². The molecule has 0 saturated carbocycles. The summed E-state index contributed by atoms with van der Waals surface area (Å²) in [6.45, 7) is 5.10. The quantitative estimate of drug-likeness (QED) is 0.0238. The Kier molecular flexibility index (Phi) is 27.6. The molecule has 0 fully saturated rings. The Hall–Kier alpha value is -13.1. The number of nitrogens with one attached hydrogen (secondary N) is 10. The average molecular weight is 1730 g/mol. The molecule has 9 heterocycles. The normalized spacial score (nSPS) is 10.8. The zero-order valence-electron chi connectivity index (χ0n) is 61.7. The highest BCUT2D eigenvalue weighted by molar-refractivity contribution is 6.38. The van der Waals surface area contributed by atoms with Crippen LogP contribution in [-0.4, -0.2) is 148 Å². The van der Waals surface area contributed by atoms with Crippen molar-refractivity contribution in [3.8, 4) is 63.0 Å². The average Bonchev–Trinajstić information content (AvgIpc) is 1.22. The number of aromatic nitrogens is 19. The van der Waals surface area contributed by atoms with E-state index in [-0.39, 0.29) is 0 Å². The van der Waals surface area contributed by atoms with Gasteiger partial charge in [-0.1, -0.05) is 146 Å². The SMILES string of the molecule is Clc1ccc(-c2nc(NCCNc3ccc(-c4nn[nH]n4)cn3)c3ccccc3n2)c(Cl)c1.Clc1ccc(-c2nc(NCCNc3cccnc3)c3ccccc3n2)c(Cl)c1.Clc1ccc(-c2nc(NCCNc3nn[nH]n3)c3ccccc3n2)c(Cl)c1.N#Cc1ccc(NCCNc2nc(-c3ccc(Cl)cc3Cl)nc3ccccc23)cn1. The summed E-state index contributed by atoms with van der Waals surface area (Å²) in [6.07, 6.45) is 6.88. The van der Waals surface area contributed by atoms with Crippen molar-refractivity contribution in [3.05, 3.63) is 277 Å². The first-order valence-corrected chi connectivity index (χ1v) is 39.2. The fourth-order valence-electron chi connectivity index (χ4n) is 11.7. The van der Waals surface area contributed by atoms with Gasteiger partial charge in [-0.25, -0.2) is 49.8 Å². The molecule has 36 heteroatoms. The van der Waals surface area contributed by atoms with Gasteiger partial charge in [0.2, 0.25) is 5.82 Å². The Bertz CT molecular complexity index is 6320. The monoisotopic (exact) mass is 1720 g/mol. The van der Waals surface area contributed by atoms with Crippen LogP contribution >= 0.6 is 92.8 Å². The van der Waals surface area contributed by atoms with Gasteiger partial charge in [-0.3, -0.25) is 4.98 Å². The van der Waals surface area contributed by atoms with Gasteiger partial charge < -0.3 is 42.5 Å². The summed E-state index contributed by atoms with van der Waals surface area (Å²) in [5.74, 6) is 6.77. The predicted molar refractivity (Wildman–Crippen MR) is 473 cm³/mol. The van der Waals surface area contributed by atoms with Gasteiger partial charge in [0.15, 0.2) is 23.3 Å². The lowest BCUT2D eigenvalue weighted by Gasteiger charge is -2.12. The molecular formula is C82H64Cl8N28. The van der Waals surface area contributed by atoms with E-state index in [0.717, 1.165) is 118 Å². The van der Waals surface area contributed by atoms with E-state index in [9.17, 15) is 0 Å². The number of rotatable bonds is 25. The Labute approximate surface area is 713 Å². The van der Waals surface area contributed by atoms with E-state index in [1.165, 1.54) is 0 Å². The molecule has 0 spiro atoms. The number of hydrogen-bond acceptors (Lipinski definition) is 26. The topological polar surface area (TPSA) is 371 Å². The predicted octanol–water partition coefficient (Wildman–Crippen LogP) is 19.3. The number of H-pyrrole nitrogens is 2. The highest BCUT2D eigenvalue weighted by Crippen LogP contribution is 2.37. The van der Waals surface area contributed by atoms with Crippen molar-refractivity contribution < 1.29 is 0 Å². The molecule has 17 rings (SSSR count). The largest absolute Gasteiger partial charge is 0.382 e. The number of benzene rings is 8. The van der Waals surface area contributed by atoms with Gasteiger partial charge in [-0.05, 0) is 168 Å². The standard InChI is InChI=1S/C22H17Cl2N9.C22H16Cl2N6.C21H17Cl2N5.C17H14Cl2N8/c23-14-6-7-15(17(24)11-14)22-28-18-4-2-1-3-16(18)21(29-22)26-10-9-25-19-8-5-13(12-27-19)20-30-32-33-31-20;23-14-5-8-17(19(24)11-14)22-29-20-4-2-1-3-18(20)21(30-22)27-10-9-26-16-7-6-15(12-25)28-13-16;22-14-7-8-16(18(23)12-14)21-27-19-6-2-1-5-17(19)20(28-21)26-11-10-25-15-4-3-9-24-13-15;18-10-5-6-11(13(19)9-10)16-22-14-4-2-1-3-12(14)15(23-16)20-7-8-21-17-24-26-27-25-17/h1-8,11-12H,9-10H2,(H,25,27)(H,26,28,29)(H,30,31,32,33);1-8,11,13,26H,9-10H2,(H,27,29,30);1-9,12-13,25H,10-11H2,(H,26,27,28);1-6,9H,7-8H2,(H,20,22,23)(H2,21,24,25,26,27). The van der Waals surface area contributed by atoms with E-state index in [4.69, 9.17) is 113 Å². The van der Waals surface area contributed by atoms with Gasteiger partial charge in [-0.2, -0.15) is 15.7 Å². The molecule has 10 N–H and O–H groups in total. The van der Waals surface area contributed by atoms with Crippen LogP contribution < -0.4 is 42.5 Å². The summed E-state index contributed by atoms with van der Waals surface area (Å²) < 4.78 is 0. The summed E-state index contributed by atoms with van der Waals surface area (Å²) >= 11 is 49.5. The van der Waals surface area contributed by atoms with E-state index in [0.29, 0.717) is 127 Å². The molecule has 0 unspecified atom stereocenters. The van der Waals surface area contributed by atoms with Crippen LogP contribution in [0.3, 0.4) is 0 Å². The second-order valence-electron chi connectivity index (χ2n) is 25.3. The minimum absolute atomic E-state index is 0.388. The number of anilines is 8. The summed E-state index contributed by atoms with van der Waals surface area (Å²) in [4.78, 5) is 50.0. The molecule has 0 bridgehead atoms. The summed E-state index contributed by atoms with van der Waals surface area (Å²) in [5, 5.41) is 70.7. The number of fused-ring (bicyclic) bond motifs is 4. The first kappa shape index (κ1) is 81.5. The number of halogens is 8. The lowest BCUT2D eigenvalue weighted by molar-refractivity contribution is 0.881. The molecule has 0 radical (unpaired) electrons. The highest BCUT2D eigenvalue weighted by atomic mass is 35.5. The molecule has 0 aliphatic rings. The zero-order chi connectivity index (χ0) is 81.5. The maximum atomic E-state index is 8.82. The summed E-state index contributed by atoms with van der Waals surface area (Å²) in [5.41, 5.74) is 9.21. The van der Waals surface area contributed by atoms with Crippen LogP contribution in [0.1, 0.15) is 5.69 Å². The van der Waals surface area contributed by atoms with Gasteiger partial charge >= 0.3 is 0 Å². The van der Waals surface area contributed by atoms with Gasteiger partial charge in [-0.15, -0.1) is 15.3 Å². The van der Waals surface area contributed by atoms with Crippen LogP contribution in [0, 0.1) is 11.3 Å². The number of nitrogens with zero attached hydrogens (tertiary/aromatic N) is 18. The molecule has 588 valence electrons. The summed E-state index contributed by atoms with van der Waals surface area (Å²) in [7, 11) is 0. The third-order valence-electron chi connectivity index (χ3n) is 17.3. The number of pyridine rings is 3. The number of hydrogen-bond donors (Lipinski definition) is 10. The van der Waals surface area contributed by atoms with Gasteiger partial charge in [0.05, 0.1) is 59.7 Å². The third kappa shape index (κ3) is 21.5. The van der Waals surface area contributed by atoms with Gasteiger partial charge in [0.25, 0.3) is 5.95 Å². The maximum absolute atomic E-state index is 8.82. The van der Waals surface area contributed by atoms with Gasteiger partial charge in [0.1, 0.15) is 40.9 Å². The van der Waals surface area contributed by atoms with Crippen LogP contribution in [0.25, 0.3) is 101 Å². The fraction of sp³-hybridized carbons (Fsp3) is 0.0976. The maximum Gasteiger partial charge on any atom is 0.263 e. The van der Waals surface area contributed by atoms with Crippen molar-refractivity contribution in [2.75, 3.05) is 94.9 Å². The fourth-order valence-corrected chi connectivity index (χ4v) is 13.7. The number of para-hydroxylation sites is 4. The third-order valence-corrected chi connectivity index (χ3v) is 19.5. The second kappa shape index (κ2) is 40.0. The van der Waals surface area contributed by atoms with Gasteiger partial charge in [0, 0.05) is 140 Å². The number of nitriles is 1. The van der Waals surface area contributed by atoms with E-state index >= 15 is 0 Å². The van der Waals surface area contributed by atoms with Crippen LogP contribution in [0.4, 0.5) is 46.4 Å². The molecule has 9 aromatic heterocycles. The van der Waals surface area contributed by atoms with E-state index in [1.54, 1.807) is 79.4 Å². The van der Waals surface area contributed by atoms with Crippen molar-refractivity contribution in [2.24, 2.45) is 0 Å². The molecular weight excluding hydrogens is 1660 g/mol. The molecule has 17 aromatic rings. The minimum Gasteiger partial charge on any atom is -0.382 e. The Morgan fingerprint density at radius 2 is 0.712 bits per heavy atom. The van der Waals surface area contributed by atoms with Crippen molar-refractivity contribution in [1.29, 1.82) is 5.26 Å². The minimum atomic E-state index is 0.388. The van der Waals surface area contributed by atoms with Crippen molar-refractivity contribution in [1.82, 2.24) is 96.1 Å². The molecule has 8 aromatic carbocycles. The molecule has 0 aliphatic carbocycles. The summed E-state index contributed by atoms with van der Waals surface area (Å²) in [6, 6.07) is 65.6. The molecule has 28 nitrogen and oxygen atoms in total. The lowest BCUT2D eigenvalue weighted by Crippen LogP contribution is -2.15. The molecule has 118 heavy (non-hydrogen) atoms. The van der Waals surface area contributed by atoms with Crippen LogP contribution in [0.2, 0.25) is 40.2 Å². The first-order chi connectivity index (χ1) is 57.7. The van der Waals surface area contributed by atoms with Crippen LogP contribution in [0.15, 0.2) is 231 Å². The number of tetrazole rings is 2. The molecule has 0 saturated heterocycles. The number of aromatic amines is 2. The Balaban J connectivity index is 0.000000130. The van der Waals surface area contributed by atoms with Crippen molar-refractivity contribution in [2.45, 2.75) is 0 Å². The van der Waals surface area contributed by atoms with E-state index in [1.807, 2.05) is 158 Å².